The van der Waals surface area contributed by atoms with Crippen molar-refractivity contribution in [3.63, 3.8) is 0 Å². The highest BCUT2D eigenvalue weighted by atomic mass is 19.1. The number of rotatable bonds is 1. The van der Waals surface area contributed by atoms with E-state index in [0.29, 0.717) is 31.5 Å². The summed E-state index contributed by atoms with van der Waals surface area (Å²) in [5.74, 6) is -0.286. The minimum atomic E-state index is -0.718. The van der Waals surface area contributed by atoms with Crippen molar-refractivity contribution in [2.75, 3.05) is 13.1 Å². The van der Waals surface area contributed by atoms with E-state index in [-0.39, 0.29) is 11.9 Å². The summed E-state index contributed by atoms with van der Waals surface area (Å²) in [5.41, 5.74) is 5.64. The zero-order chi connectivity index (χ0) is 15.7. The molecular formula is C16H23FN2O2. The minimum Gasteiger partial charge on any atom is -0.444 e. The van der Waals surface area contributed by atoms with E-state index in [2.05, 4.69) is 0 Å². The molecule has 0 bridgehead atoms. The first-order valence-corrected chi connectivity index (χ1v) is 7.23. The lowest BCUT2D eigenvalue weighted by Crippen LogP contribution is -2.51. The minimum absolute atomic E-state index is 0.286. The maximum Gasteiger partial charge on any atom is 0.410 e. The molecule has 1 fully saturated rings. The molecule has 0 aromatic heterocycles. The number of hydrogen-bond donors (Lipinski definition) is 1. The van der Waals surface area contributed by atoms with Crippen LogP contribution in [0.2, 0.25) is 0 Å². The highest BCUT2D eigenvalue weighted by Crippen LogP contribution is 2.32. The topological polar surface area (TPSA) is 55.6 Å². The van der Waals surface area contributed by atoms with E-state index < -0.39 is 11.1 Å². The Hall–Kier alpha value is -1.62. The number of benzene rings is 1. The maximum atomic E-state index is 13.9. The Balaban J connectivity index is 2.03. The molecule has 0 radical (unpaired) electrons. The first-order chi connectivity index (χ1) is 9.71. The second-order valence-corrected chi connectivity index (χ2v) is 6.60. The first-order valence-electron chi connectivity index (χ1n) is 7.23. The summed E-state index contributed by atoms with van der Waals surface area (Å²) in [6.07, 6.45) is 0.707. The van der Waals surface area contributed by atoms with E-state index in [4.69, 9.17) is 10.5 Å². The SMILES string of the molecule is CC(C)(C)OC(=O)N1CCC(N)(c2ccccc2F)CC1. The van der Waals surface area contributed by atoms with Crippen molar-refractivity contribution in [1.29, 1.82) is 0 Å². The van der Waals surface area contributed by atoms with Crippen LogP contribution in [0.3, 0.4) is 0 Å². The molecule has 0 aliphatic carbocycles. The molecule has 1 amide bonds. The molecule has 1 saturated heterocycles. The number of nitrogens with zero attached hydrogens (tertiary/aromatic N) is 1. The summed E-state index contributed by atoms with van der Waals surface area (Å²) < 4.78 is 19.3. The number of halogens is 1. The van der Waals surface area contributed by atoms with Gasteiger partial charge in [0.1, 0.15) is 11.4 Å². The van der Waals surface area contributed by atoms with Gasteiger partial charge in [-0.2, -0.15) is 0 Å². The average Bonchev–Trinajstić information content (AvgIpc) is 2.37. The molecule has 116 valence electrons. The molecule has 0 saturated carbocycles. The van der Waals surface area contributed by atoms with Crippen molar-refractivity contribution in [2.24, 2.45) is 5.73 Å². The van der Waals surface area contributed by atoms with Gasteiger partial charge in [0.15, 0.2) is 0 Å². The number of ether oxygens (including phenoxy) is 1. The Morgan fingerprint density at radius 3 is 2.38 bits per heavy atom. The van der Waals surface area contributed by atoms with Gasteiger partial charge >= 0.3 is 6.09 Å². The van der Waals surface area contributed by atoms with E-state index in [1.54, 1.807) is 23.1 Å². The Labute approximate surface area is 125 Å². The Kier molecular flexibility index (Phi) is 4.23. The zero-order valence-corrected chi connectivity index (χ0v) is 12.9. The van der Waals surface area contributed by atoms with E-state index in [0.717, 1.165) is 0 Å². The van der Waals surface area contributed by atoms with Gasteiger partial charge in [-0.25, -0.2) is 9.18 Å². The van der Waals surface area contributed by atoms with Gasteiger partial charge in [0, 0.05) is 24.2 Å². The summed E-state index contributed by atoms with van der Waals surface area (Å²) in [7, 11) is 0. The highest BCUT2D eigenvalue weighted by molar-refractivity contribution is 5.68. The lowest BCUT2D eigenvalue weighted by atomic mass is 9.82. The second kappa shape index (κ2) is 5.64. The number of nitrogens with two attached hydrogens (primary N) is 1. The van der Waals surface area contributed by atoms with Crippen molar-refractivity contribution < 1.29 is 13.9 Å². The van der Waals surface area contributed by atoms with Crippen LogP contribution in [0.1, 0.15) is 39.2 Å². The quantitative estimate of drug-likeness (QED) is 0.866. The molecule has 21 heavy (non-hydrogen) atoms. The number of carbonyl (C=O) groups excluding carboxylic acids is 1. The molecule has 1 aromatic rings. The fourth-order valence-corrected chi connectivity index (χ4v) is 2.55. The van der Waals surface area contributed by atoms with Crippen LogP contribution in [0.4, 0.5) is 9.18 Å². The monoisotopic (exact) mass is 294 g/mol. The smallest absolute Gasteiger partial charge is 0.410 e. The van der Waals surface area contributed by atoms with Gasteiger partial charge in [-0.1, -0.05) is 18.2 Å². The Morgan fingerprint density at radius 1 is 1.29 bits per heavy atom. The number of piperidine rings is 1. The van der Waals surface area contributed by atoms with E-state index in [1.165, 1.54) is 6.07 Å². The fraction of sp³-hybridized carbons (Fsp3) is 0.562. The van der Waals surface area contributed by atoms with Gasteiger partial charge in [-0.3, -0.25) is 0 Å². The van der Waals surface area contributed by atoms with Crippen LogP contribution in [0.15, 0.2) is 24.3 Å². The van der Waals surface area contributed by atoms with Crippen molar-refractivity contribution in [3.05, 3.63) is 35.6 Å². The lowest BCUT2D eigenvalue weighted by Gasteiger charge is -2.39. The van der Waals surface area contributed by atoms with Gasteiger partial charge in [-0.05, 0) is 39.7 Å². The number of amides is 1. The molecule has 4 nitrogen and oxygen atoms in total. The average molecular weight is 294 g/mol. The molecule has 0 spiro atoms. The van der Waals surface area contributed by atoms with Gasteiger partial charge in [0.2, 0.25) is 0 Å². The third-order valence-corrected chi connectivity index (χ3v) is 3.72. The molecule has 0 atom stereocenters. The van der Waals surface area contributed by atoms with Crippen molar-refractivity contribution >= 4 is 6.09 Å². The first kappa shape index (κ1) is 15.8. The van der Waals surface area contributed by atoms with Crippen LogP contribution in [0.25, 0.3) is 0 Å². The van der Waals surface area contributed by atoms with Gasteiger partial charge < -0.3 is 15.4 Å². The second-order valence-electron chi connectivity index (χ2n) is 6.60. The maximum absolute atomic E-state index is 13.9. The van der Waals surface area contributed by atoms with E-state index in [9.17, 15) is 9.18 Å². The third kappa shape index (κ3) is 3.73. The van der Waals surface area contributed by atoms with Crippen LogP contribution in [-0.4, -0.2) is 29.7 Å². The standard InChI is InChI=1S/C16H23FN2O2/c1-15(2,3)21-14(20)19-10-8-16(18,9-11-19)12-6-4-5-7-13(12)17/h4-7H,8-11,18H2,1-3H3. The zero-order valence-electron chi connectivity index (χ0n) is 12.9. The van der Waals surface area contributed by atoms with Crippen LogP contribution in [-0.2, 0) is 10.3 Å². The number of carbonyl (C=O) groups is 1. The molecule has 5 heteroatoms. The van der Waals surface area contributed by atoms with Crippen molar-refractivity contribution in [3.8, 4) is 0 Å². The van der Waals surface area contributed by atoms with Crippen LogP contribution >= 0.6 is 0 Å². The lowest BCUT2D eigenvalue weighted by molar-refractivity contribution is 0.0165. The van der Waals surface area contributed by atoms with Crippen molar-refractivity contribution in [2.45, 2.75) is 44.8 Å². The van der Waals surface area contributed by atoms with Crippen molar-refractivity contribution in [1.82, 2.24) is 4.90 Å². The molecule has 1 aliphatic heterocycles. The summed E-state index contributed by atoms with van der Waals surface area (Å²) in [4.78, 5) is 13.7. The van der Waals surface area contributed by atoms with E-state index >= 15 is 0 Å². The summed E-state index contributed by atoms with van der Waals surface area (Å²) in [5, 5.41) is 0. The van der Waals surface area contributed by atoms with Gasteiger partial charge in [0.25, 0.3) is 0 Å². The molecule has 1 heterocycles. The predicted octanol–water partition coefficient (Wildman–Crippen LogP) is 3.01. The Bertz CT molecular complexity index is 517. The number of hydrogen-bond acceptors (Lipinski definition) is 3. The fourth-order valence-electron chi connectivity index (χ4n) is 2.55. The van der Waals surface area contributed by atoms with Crippen LogP contribution in [0, 0.1) is 5.82 Å². The van der Waals surface area contributed by atoms with Gasteiger partial charge in [-0.15, -0.1) is 0 Å². The summed E-state index contributed by atoms with van der Waals surface area (Å²) in [6.45, 7) is 6.45. The predicted molar refractivity (Wildman–Crippen MR) is 79.3 cm³/mol. The summed E-state index contributed by atoms with van der Waals surface area (Å²) >= 11 is 0. The molecule has 1 aromatic carbocycles. The normalized spacial score (nSPS) is 18.4. The van der Waals surface area contributed by atoms with Crippen LogP contribution in [0.5, 0.6) is 0 Å². The summed E-state index contributed by atoms with van der Waals surface area (Å²) in [6, 6.07) is 6.58. The molecule has 0 unspecified atom stereocenters. The molecular weight excluding hydrogens is 271 g/mol. The third-order valence-electron chi connectivity index (χ3n) is 3.72. The van der Waals surface area contributed by atoms with Crippen LogP contribution < -0.4 is 5.73 Å². The van der Waals surface area contributed by atoms with E-state index in [1.807, 2.05) is 20.8 Å². The largest absolute Gasteiger partial charge is 0.444 e. The number of likely N-dealkylation sites (tertiary alicyclic amines) is 1. The molecule has 2 rings (SSSR count). The molecule has 1 aliphatic rings. The molecule has 2 N–H and O–H groups in total. The van der Waals surface area contributed by atoms with Gasteiger partial charge in [0.05, 0.1) is 0 Å². The Morgan fingerprint density at radius 2 is 1.86 bits per heavy atom. The highest BCUT2D eigenvalue weighted by Gasteiger charge is 2.36.